The predicted molar refractivity (Wildman–Crippen MR) is 103 cm³/mol. The standard InChI is InChI=1S/C19H18Cl2N4O/c20-15-3-4-16(17(21)10-15)19(26)24-12-13-5-8-25(9-6-13)18-14(11-22)2-1-7-23-18/h1-4,7,10,13H,5-6,8-9,12H2,(H,24,26). The highest BCUT2D eigenvalue weighted by Crippen LogP contribution is 2.24. The number of nitrogens with one attached hydrogen (secondary N) is 1. The van der Waals surface area contributed by atoms with Gasteiger partial charge in [-0.3, -0.25) is 4.79 Å². The van der Waals surface area contributed by atoms with E-state index in [2.05, 4.69) is 21.3 Å². The average molecular weight is 389 g/mol. The zero-order valence-corrected chi connectivity index (χ0v) is 15.6. The Morgan fingerprint density at radius 3 is 2.77 bits per heavy atom. The molecule has 2 aromatic rings. The fraction of sp³-hybridized carbons (Fsp3) is 0.316. The lowest BCUT2D eigenvalue weighted by molar-refractivity contribution is 0.0945. The molecule has 1 aliphatic rings. The summed E-state index contributed by atoms with van der Waals surface area (Å²) in [5, 5.41) is 13.0. The van der Waals surface area contributed by atoms with Crippen molar-refractivity contribution >= 4 is 34.9 Å². The Hall–Kier alpha value is -2.29. The van der Waals surface area contributed by atoms with Gasteiger partial charge in [-0.25, -0.2) is 4.98 Å². The molecule has 3 rings (SSSR count). The number of piperidine rings is 1. The van der Waals surface area contributed by atoms with Gasteiger partial charge in [-0.1, -0.05) is 23.2 Å². The van der Waals surface area contributed by atoms with E-state index in [1.54, 1.807) is 36.5 Å². The third-order valence-corrected chi connectivity index (χ3v) is 5.10. The van der Waals surface area contributed by atoms with Gasteiger partial charge in [0.25, 0.3) is 5.91 Å². The van der Waals surface area contributed by atoms with Gasteiger partial charge in [-0.15, -0.1) is 0 Å². The molecule has 0 radical (unpaired) electrons. The molecule has 1 N–H and O–H groups in total. The molecule has 1 saturated heterocycles. The number of carbonyl (C=O) groups is 1. The van der Waals surface area contributed by atoms with Crippen LogP contribution in [-0.2, 0) is 0 Å². The van der Waals surface area contributed by atoms with Gasteiger partial charge in [0.15, 0.2) is 0 Å². The van der Waals surface area contributed by atoms with E-state index in [0.717, 1.165) is 31.7 Å². The molecule has 2 heterocycles. The van der Waals surface area contributed by atoms with Crippen molar-refractivity contribution in [3.63, 3.8) is 0 Å². The Labute approximate surface area is 162 Å². The van der Waals surface area contributed by atoms with Gasteiger partial charge >= 0.3 is 0 Å². The predicted octanol–water partition coefficient (Wildman–Crippen LogP) is 3.91. The van der Waals surface area contributed by atoms with Crippen molar-refractivity contribution in [2.45, 2.75) is 12.8 Å². The van der Waals surface area contributed by atoms with E-state index in [0.29, 0.717) is 33.6 Å². The molecule has 1 amide bonds. The van der Waals surface area contributed by atoms with E-state index in [-0.39, 0.29) is 5.91 Å². The van der Waals surface area contributed by atoms with Crippen molar-refractivity contribution < 1.29 is 4.79 Å². The van der Waals surface area contributed by atoms with Crippen LogP contribution in [-0.4, -0.2) is 30.5 Å². The molecule has 134 valence electrons. The van der Waals surface area contributed by atoms with Crippen molar-refractivity contribution in [3.8, 4) is 6.07 Å². The number of hydrogen-bond acceptors (Lipinski definition) is 4. The quantitative estimate of drug-likeness (QED) is 0.861. The second-order valence-corrected chi connectivity index (χ2v) is 7.09. The Kier molecular flexibility index (Phi) is 5.97. The molecule has 5 nitrogen and oxygen atoms in total. The van der Waals surface area contributed by atoms with Crippen LogP contribution in [0.1, 0.15) is 28.8 Å². The third-order valence-electron chi connectivity index (χ3n) is 4.55. The number of benzene rings is 1. The second-order valence-electron chi connectivity index (χ2n) is 6.25. The normalized spacial score (nSPS) is 14.7. The molecule has 1 aromatic heterocycles. The summed E-state index contributed by atoms with van der Waals surface area (Å²) in [6, 6.07) is 10.6. The number of rotatable bonds is 4. The Morgan fingerprint density at radius 2 is 2.08 bits per heavy atom. The van der Waals surface area contributed by atoms with Crippen molar-refractivity contribution in [2.75, 3.05) is 24.5 Å². The first-order valence-corrected chi connectivity index (χ1v) is 9.17. The first-order valence-electron chi connectivity index (χ1n) is 8.42. The van der Waals surface area contributed by atoms with Crippen LogP contribution in [0.15, 0.2) is 36.5 Å². The van der Waals surface area contributed by atoms with Gasteiger partial charge in [0.05, 0.1) is 16.1 Å². The van der Waals surface area contributed by atoms with Crippen molar-refractivity contribution in [1.82, 2.24) is 10.3 Å². The molecule has 0 bridgehead atoms. The Bertz CT molecular complexity index is 842. The fourth-order valence-electron chi connectivity index (χ4n) is 3.09. The molecule has 0 spiro atoms. The van der Waals surface area contributed by atoms with E-state index < -0.39 is 0 Å². The van der Waals surface area contributed by atoms with Crippen molar-refractivity contribution in [1.29, 1.82) is 5.26 Å². The zero-order valence-electron chi connectivity index (χ0n) is 14.1. The molecule has 0 atom stereocenters. The number of carbonyl (C=O) groups excluding carboxylic acids is 1. The molecule has 0 saturated carbocycles. The summed E-state index contributed by atoms with van der Waals surface area (Å²) in [4.78, 5) is 18.8. The minimum atomic E-state index is -0.189. The van der Waals surface area contributed by atoms with Crippen LogP contribution in [0, 0.1) is 17.2 Å². The first kappa shape index (κ1) is 18.5. The highest BCUT2D eigenvalue weighted by molar-refractivity contribution is 6.36. The van der Waals surface area contributed by atoms with Gasteiger partial charge in [0, 0.05) is 30.9 Å². The van der Waals surface area contributed by atoms with Crippen LogP contribution >= 0.6 is 23.2 Å². The maximum Gasteiger partial charge on any atom is 0.252 e. The number of pyridine rings is 1. The lowest BCUT2D eigenvalue weighted by Crippen LogP contribution is -2.39. The first-order chi connectivity index (χ1) is 12.6. The van der Waals surface area contributed by atoms with Crippen LogP contribution in [0.3, 0.4) is 0 Å². The summed E-state index contributed by atoms with van der Waals surface area (Å²) in [5.74, 6) is 0.937. The van der Waals surface area contributed by atoms with Gasteiger partial charge in [0.1, 0.15) is 11.9 Å². The summed E-state index contributed by atoms with van der Waals surface area (Å²) in [6.45, 7) is 2.22. The molecule has 1 aromatic carbocycles. The molecular weight excluding hydrogens is 371 g/mol. The molecule has 0 unspecified atom stereocenters. The van der Waals surface area contributed by atoms with E-state index in [1.807, 2.05) is 0 Å². The highest BCUT2D eigenvalue weighted by atomic mass is 35.5. The van der Waals surface area contributed by atoms with Crippen LogP contribution in [0.2, 0.25) is 10.0 Å². The van der Waals surface area contributed by atoms with Crippen LogP contribution < -0.4 is 10.2 Å². The maximum absolute atomic E-state index is 12.3. The number of nitrogens with zero attached hydrogens (tertiary/aromatic N) is 3. The van der Waals surface area contributed by atoms with E-state index in [1.165, 1.54) is 0 Å². The minimum absolute atomic E-state index is 0.189. The summed E-state index contributed by atoms with van der Waals surface area (Å²) in [7, 11) is 0. The van der Waals surface area contributed by atoms with Crippen molar-refractivity contribution in [3.05, 3.63) is 57.7 Å². The lowest BCUT2D eigenvalue weighted by Gasteiger charge is -2.33. The summed E-state index contributed by atoms with van der Waals surface area (Å²) in [6.07, 6.45) is 3.56. The van der Waals surface area contributed by atoms with Crippen molar-refractivity contribution in [2.24, 2.45) is 5.92 Å². The number of halogens is 2. The molecule has 0 aliphatic carbocycles. The summed E-state index contributed by atoms with van der Waals surface area (Å²) < 4.78 is 0. The number of nitriles is 1. The van der Waals surface area contributed by atoms with Gasteiger partial charge in [0.2, 0.25) is 0 Å². The number of anilines is 1. The van der Waals surface area contributed by atoms with E-state index in [9.17, 15) is 10.1 Å². The van der Waals surface area contributed by atoms with Gasteiger partial charge < -0.3 is 10.2 Å². The number of hydrogen-bond donors (Lipinski definition) is 1. The van der Waals surface area contributed by atoms with Gasteiger partial charge in [-0.05, 0) is 49.1 Å². The van der Waals surface area contributed by atoms with E-state index >= 15 is 0 Å². The zero-order chi connectivity index (χ0) is 18.5. The largest absolute Gasteiger partial charge is 0.356 e. The summed E-state index contributed by atoms with van der Waals surface area (Å²) in [5.41, 5.74) is 1.03. The summed E-state index contributed by atoms with van der Waals surface area (Å²) >= 11 is 11.9. The molecule has 1 fully saturated rings. The Morgan fingerprint density at radius 1 is 1.31 bits per heavy atom. The average Bonchev–Trinajstić information content (AvgIpc) is 2.66. The third kappa shape index (κ3) is 4.27. The fourth-order valence-corrected chi connectivity index (χ4v) is 3.59. The van der Waals surface area contributed by atoms with Gasteiger partial charge in [-0.2, -0.15) is 5.26 Å². The maximum atomic E-state index is 12.3. The monoisotopic (exact) mass is 388 g/mol. The molecule has 26 heavy (non-hydrogen) atoms. The number of amides is 1. The van der Waals surface area contributed by atoms with Crippen LogP contribution in [0.5, 0.6) is 0 Å². The lowest BCUT2D eigenvalue weighted by atomic mass is 9.96. The SMILES string of the molecule is N#Cc1cccnc1N1CCC(CNC(=O)c2ccc(Cl)cc2Cl)CC1. The Balaban J connectivity index is 1.53. The number of aromatic nitrogens is 1. The van der Waals surface area contributed by atoms with Crippen LogP contribution in [0.25, 0.3) is 0 Å². The molecular formula is C19H18Cl2N4O. The minimum Gasteiger partial charge on any atom is -0.356 e. The van der Waals surface area contributed by atoms with Crippen LogP contribution in [0.4, 0.5) is 5.82 Å². The van der Waals surface area contributed by atoms with E-state index in [4.69, 9.17) is 23.2 Å². The second kappa shape index (κ2) is 8.39. The molecule has 1 aliphatic heterocycles. The molecule has 7 heteroatoms. The topological polar surface area (TPSA) is 69.0 Å². The highest BCUT2D eigenvalue weighted by Gasteiger charge is 2.22. The smallest absolute Gasteiger partial charge is 0.252 e.